The van der Waals surface area contributed by atoms with Crippen molar-refractivity contribution in [3.63, 3.8) is 0 Å². The summed E-state index contributed by atoms with van der Waals surface area (Å²) >= 11 is 0. The van der Waals surface area contributed by atoms with E-state index < -0.39 is 15.9 Å². The summed E-state index contributed by atoms with van der Waals surface area (Å²) in [5, 5.41) is 3.19. The Hall–Kier alpha value is -2.18. The zero-order valence-electron chi connectivity index (χ0n) is 17.5. The lowest BCUT2D eigenvalue weighted by Crippen LogP contribution is -2.48. The van der Waals surface area contributed by atoms with E-state index in [0.29, 0.717) is 13.1 Å². The number of fused-ring (bicyclic) bond motifs is 1. The minimum absolute atomic E-state index is 0.0780. The molecule has 1 amide bonds. The number of hydrogen-bond acceptors (Lipinski definition) is 4. The molecule has 0 bridgehead atoms. The van der Waals surface area contributed by atoms with E-state index in [1.54, 1.807) is 0 Å². The number of amides is 1. The van der Waals surface area contributed by atoms with Crippen LogP contribution in [0.4, 0.5) is 0 Å². The first kappa shape index (κ1) is 21.1. The predicted octanol–water partition coefficient (Wildman–Crippen LogP) is 3.21. The Kier molecular flexibility index (Phi) is 6.25. The van der Waals surface area contributed by atoms with Crippen LogP contribution in [-0.4, -0.2) is 43.8 Å². The number of rotatable bonds is 5. The van der Waals surface area contributed by atoms with Gasteiger partial charge in [0, 0.05) is 13.1 Å². The zero-order chi connectivity index (χ0) is 21.1. The summed E-state index contributed by atoms with van der Waals surface area (Å²) in [5.41, 5.74) is 4.85. The molecular weight excluding hydrogens is 396 g/mol. The minimum atomic E-state index is -3.01. The van der Waals surface area contributed by atoms with Gasteiger partial charge in [-0.15, -0.1) is 0 Å². The van der Waals surface area contributed by atoms with Crippen molar-refractivity contribution in [3.05, 3.63) is 70.8 Å². The minimum Gasteiger partial charge on any atom is -0.348 e. The maximum absolute atomic E-state index is 13.4. The number of benzene rings is 2. The van der Waals surface area contributed by atoms with Gasteiger partial charge in [0.1, 0.15) is 6.04 Å². The van der Waals surface area contributed by atoms with Gasteiger partial charge in [-0.1, -0.05) is 48.5 Å². The molecule has 1 aliphatic carbocycles. The molecule has 2 atom stereocenters. The molecule has 1 heterocycles. The van der Waals surface area contributed by atoms with Crippen molar-refractivity contribution in [2.75, 3.05) is 24.6 Å². The molecule has 1 aliphatic heterocycles. The Balaban J connectivity index is 1.53. The molecule has 5 nitrogen and oxygen atoms in total. The summed E-state index contributed by atoms with van der Waals surface area (Å²) in [6, 6.07) is 15.6. The van der Waals surface area contributed by atoms with Gasteiger partial charge >= 0.3 is 0 Å². The molecule has 160 valence electrons. The smallest absolute Gasteiger partial charge is 0.242 e. The van der Waals surface area contributed by atoms with Crippen LogP contribution in [0.3, 0.4) is 0 Å². The van der Waals surface area contributed by atoms with Crippen LogP contribution in [0.2, 0.25) is 0 Å². The fourth-order valence-electron chi connectivity index (χ4n) is 4.55. The first-order valence-corrected chi connectivity index (χ1v) is 12.7. The van der Waals surface area contributed by atoms with Gasteiger partial charge in [0.05, 0.1) is 17.5 Å². The number of carbonyl (C=O) groups is 1. The Morgan fingerprint density at radius 3 is 2.30 bits per heavy atom. The lowest BCUT2D eigenvalue weighted by Gasteiger charge is -2.34. The van der Waals surface area contributed by atoms with E-state index >= 15 is 0 Å². The second-order valence-electron chi connectivity index (χ2n) is 8.47. The van der Waals surface area contributed by atoms with Crippen LogP contribution in [0.1, 0.15) is 54.1 Å². The molecule has 0 spiro atoms. The van der Waals surface area contributed by atoms with Gasteiger partial charge in [0.25, 0.3) is 0 Å². The molecule has 0 saturated carbocycles. The molecular formula is C24H30N2O3S. The van der Waals surface area contributed by atoms with Gasteiger partial charge in [-0.25, -0.2) is 8.42 Å². The molecule has 2 unspecified atom stereocenters. The third kappa shape index (κ3) is 4.76. The highest BCUT2D eigenvalue weighted by Gasteiger charge is 2.33. The largest absolute Gasteiger partial charge is 0.348 e. The fourth-order valence-corrected chi connectivity index (χ4v) is 5.78. The van der Waals surface area contributed by atoms with Gasteiger partial charge < -0.3 is 5.32 Å². The average Bonchev–Trinajstić information content (AvgIpc) is 2.75. The lowest BCUT2D eigenvalue weighted by molar-refractivity contribution is -0.127. The maximum Gasteiger partial charge on any atom is 0.242 e. The fraction of sp³-hybridized carbons (Fsp3) is 0.458. The monoisotopic (exact) mass is 426 g/mol. The third-order valence-corrected chi connectivity index (χ3v) is 7.95. The normalized spacial score (nSPS) is 20.7. The summed E-state index contributed by atoms with van der Waals surface area (Å²) in [7, 11) is -3.01. The van der Waals surface area contributed by atoms with E-state index in [4.69, 9.17) is 0 Å². The van der Waals surface area contributed by atoms with Crippen molar-refractivity contribution in [1.29, 1.82) is 0 Å². The van der Waals surface area contributed by atoms with Crippen molar-refractivity contribution in [1.82, 2.24) is 10.2 Å². The summed E-state index contributed by atoms with van der Waals surface area (Å²) in [6.07, 6.45) is 4.73. The number of carbonyl (C=O) groups excluding carboxylic acids is 1. The Morgan fingerprint density at radius 1 is 0.933 bits per heavy atom. The van der Waals surface area contributed by atoms with Crippen LogP contribution in [0.5, 0.6) is 0 Å². The molecule has 0 radical (unpaired) electrons. The number of aryl methyl sites for hydroxylation is 2. The van der Waals surface area contributed by atoms with Crippen molar-refractivity contribution in [2.24, 2.45) is 0 Å². The molecule has 2 aliphatic rings. The van der Waals surface area contributed by atoms with Crippen LogP contribution in [-0.2, 0) is 27.5 Å². The van der Waals surface area contributed by atoms with Crippen LogP contribution in [0, 0.1) is 0 Å². The predicted molar refractivity (Wildman–Crippen MR) is 119 cm³/mol. The first-order valence-electron chi connectivity index (χ1n) is 10.8. The molecule has 2 aromatic carbocycles. The van der Waals surface area contributed by atoms with E-state index in [1.807, 2.05) is 42.2 Å². The topological polar surface area (TPSA) is 66.5 Å². The highest BCUT2D eigenvalue weighted by atomic mass is 32.2. The van der Waals surface area contributed by atoms with Crippen molar-refractivity contribution in [3.8, 4) is 0 Å². The molecule has 1 N–H and O–H groups in total. The molecule has 2 aromatic rings. The highest BCUT2D eigenvalue weighted by Crippen LogP contribution is 2.27. The van der Waals surface area contributed by atoms with Crippen LogP contribution < -0.4 is 5.32 Å². The summed E-state index contributed by atoms with van der Waals surface area (Å²) in [6.45, 7) is 2.77. The van der Waals surface area contributed by atoms with Gasteiger partial charge in [-0.3, -0.25) is 9.69 Å². The quantitative estimate of drug-likeness (QED) is 0.797. The van der Waals surface area contributed by atoms with E-state index in [-0.39, 0.29) is 23.5 Å². The Labute approximate surface area is 179 Å². The molecule has 1 fully saturated rings. The zero-order valence-corrected chi connectivity index (χ0v) is 18.3. The van der Waals surface area contributed by atoms with Crippen LogP contribution in [0.15, 0.2) is 48.5 Å². The lowest BCUT2D eigenvalue weighted by atomic mass is 9.89. The SMILES string of the molecule is CC(NC(=O)C(c1ccccc1)N1CCS(=O)(=O)CC1)c1ccc2c(c1)CCCC2. The summed E-state index contributed by atoms with van der Waals surface area (Å²) < 4.78 is 23.8. The van der Waals surface area contributed by atoms with Crippen molar-refractivity contribution < 1.29 is 13.2 Å². The van der Waals surface area contributed by atoms with E-state index in [9.17, 15) is 13.2 Å². The molecule has 0 aromatic heterocycles. The summed E-state index contributed by atoms with van der Waals surface area (Å²) in [5.74, 6) is 0.124. The summed E-state index contributed by atoms with van der Waals surface area (Å²) in [4.78, 5) is 15.4. The molecule has 1 saturated heterocycles. The van der Waals surface area contributed by atoms with E-state index in [0.717, 1.165) is 24.0 Å². The second kappa shape index (κ2) is 8.90. The van der Waals surface area contributed by atoms with Crippen molar-refractivity contribution >= 4 is 15.7 Å². The number of nitrogens with zero attached hydrogens (tertiary/aromatic N) is 1. The standard InChI is InChI=1S/C24H30N2O3S/c1-18(21-12-11-19-7-5-6-10-22(19)17-21)25-24(27)23(20-8-3-2-4-9-20)26-13-15-30(28,29)16-14-26/h2-4,8-9,11-12,17-18,23H,5-7,10,13-16H2,1H3,(H,25,27). The van der Waals surface area contributed by atoms with Gasteiger partial charge in [0.15, 0.2) is 9.84 Å². The van der Waals surface area contributed by atoms with Gasteiger partial charge in [-0.05, 0) is 54.9 Å². The van der Waals surface area contributed by atoms with Gasteiger partial charge in [-0.2, -0.15) is 0 Å². The van der Waals surface area contributed by atoms with Crippen LogP contribution >= 0.6 is 0 Å². The van der Waals surface area contributed by atoms with E-state index in [1.165, 1.54) is 24.0 Å². The van der Waals surface area contributed by atoms with Crippen molar-refractivity contribution in [2.45, 2.75) is 44.7 Å². The Morgan fingerprint density at radius 2 is 1.60 bits per heavy atom. The molecule has 30 heavy (non-hydrogen) atoms. The maximum atomic E-state index is 13.4. The first-order chi connectivity index (χ1) is 14.4. The molecule has 4 rings (SSSR count). The third-order valence-electron chi connectivity index (χ3n) is 6.34. The van der Waals surface area contributed by atoms with E-state index in [2.05, 4.69) is 23.5 Å². The number of hydrogen-bond donors (Lipinski definition) is 1. The number of sulfone groups is 1. The highest BCUT2D eigenvalue weighted by molar-refractivity contribution is 7.91. The molecule has 6 heteroatoms. The average molecular weight is 427 g/mol. The van der Waals surface area contributed by atoms with Gasteiger partial charge in [0.2, 0.25) is 5.91 Å². The van der Waals surface area contributed by atoms with Crippen LogP contribution in [0.25, 0.3) is 0 Å². The second-order valence-corrected chi connectivity index (χ2v) is 10.8. The Bertz CT molecular complexity index is 990. The number of nitrogens with one attached hydrogen (secondary N) is 1.